The van der Waals surface area contributed by atoms with Gasteiger partial charge in [-0.3, -0.25) is 19.2 Å². The van der Waals surface area contributed by atoms with Crippen molar-refractivity contribution in [2.24, 2.45) is 4.99 Å². The van der Waals surface area contributed by atoms with Crippen LogP contribution < -0.4 is 16.0 Å². The van der Waals surface area contributed by atoms with Gasteiger partial charge in [-0.2, -0.15) is 0 Å². The molecule has 44 heavy (non-hydrogen) atoms. The summed E-state index contributed by atoms with van der Waals surface area (Å²) in [4.78, 5) is 61.3. The predicted octanol–water partition coefficient (Wildman–Crippen LogP) is 2.91. The quantitative estimate of drug-likeness (QED) is 0.420. The van der Waals surface area contributed by atoms with Crippen molar-refractivity contribution < 1.29 is 28.7 Å². The van der Waals surface area contributed by atoms with E-state index < -0.39 is 0 Å². The minimum Gasteiger partial charge on any atom is -0.469 e. The number of H-pyrrole nitrogens is 2. The van der Waals surface area contributed by atoms with E-state index in [1.807, 2.05) is 38.1 Å². The second kappa shape index (κ2) is 12.7. The first-order valence-electron chi connectivity index (χ1n) is 14.6. The number of nitrogens with zero attached hydrogens (tertiary/aromatic N) is 1. The molecule has 2 aromatic rings. The van der Waals surface area contributed by atoms with Gasteiger partial charge in [0.2, 0.25) is 0 Å². The maximum atomic E-state index is 13.0. The van der Waals surface area contributed by atoms with Crippen LogP contribution in [0.1, 0.15) is 67.1 Å². The minimum absolute atomic E-state index is 0.186. The molecule has 0 fully saturated rings. The molecule has 0 saturated heterocycles. The van der Waals surface area contributed by atoms with Crippen molar-refractivity contribution in [2.75, 3.05) is 14.2 Å². The summed E-state index contributed by atoms with van der Waals surface area (Å²) in [6, 6.07) is 1.95. The molecule has 3 aliphatic rings. The molecule has 10 nitrogen and oxygen atoms in total. The lowest BCUT2D eigenvalue weighted by atomic mass is 9.97. The number of hydrogen-bond donors (Lipinski definition) is 3. The van der Waals surface area contributed by atoms with Crippen molar-refractivity contribution in [1.82, 2.24) is 15.3 Å². The first-order valence-corrected chi connectivity index (χ1v) is 14.6. The molecule has 0 saturated carbocycles. The van der Waals surface area contributed by atoms with Crippen LogP contribution in [-0.4, -0.2) is 53.7 Å². The summed E-state index contributed by atoms with van der Waals surface area (Å²) in [5, 5.41) is 4.48. The summed E-state index contributed by atoms with van der Waals surface area (Å²) < 4.78 is 9.77. The Morgan fingerprint density at radius 1 is 0.955 bits per heavy atom. The van der Waals surface area contributed by atoms with E-state index in [2.05, 4.69) is 26.9 Å². The highest BCUT2D eigenvalue weighted by atomic mass is 16.5. The van der Waals surface area contributed by atoms with Crippen molar-refractivity contribution in [3.05, 3.63) is 85.5 Å². The zero-order valence-corrected chi connectivity index (χ0v) is 25.4. The number of ether oxygens (including phenoxy) is 2. The second-order valence-corrected chi connectivity index (χ2v) is 11.0. The third-order valence-electron chi connectivity index (χ3n) is 8.42. The Hall–Kier alpha value is -4.99. The largest absolute Gasteiger partial charge is 0.469 e. The van der Waals surface area contributed by atoms with Crippen molar-refractivity contribution in [3.8, 4) is 0 Å². The van der Waals surface area contributed by atoms with Crippen LogP contribution in [-0.2, 0) is 41.5 Å². The van der Waals surface area contributed by atoms with E-state index in [4.69, 9.17) is 9.47 Å². The smallest absolute Gasteiger partial charge is 0.305 e. The molecule has 0 unspecified atom stereocenters. The van der Waals surface area contributed by atoms with Gasteiger partial charge in [0.05, 0.1) is 25.6 Å². The molecule has 5 rings (SSSR count). The molecule has 2 aromatic heterocycles. The number of rotatable bonds is 7. The number of allylic oxidation sites excluding steroid dienone is 2. The van der Waals surface area contributed by atoms with E-state index in [9.17, 15) is 19.2 Å². The summed E-state index contributed by atoms with van der Waals surface area (Å²) in [7, 11) is 2.72. The van der Waals surface area contributed by atoms with Gasteiger partial charge in [0, 0.05) is 51.6 Å². The van der Waals surface area contributed by atoms with E-state index in [1.165, 1.54) is 14.2 Å². The second-order valence-electron chi connectivity index (χ2n) is 11.0. The molecule has 5 heterocycles. The molecule has 0 aliphatic carbocycles. The molecule has 228 valence electrons. The fourth-order valence-corrected chi connectivity index (χ4v) is 5.92. The van der Waals surface area contributed by atoms with Crippen molar-refractivity contribution in [1.29, 1.82) is 0 Å². The first-order chi connectivity index (χ1) is 21.1. The number of amides is 2. The lowest BCUT2D eigenvalue weighted by molar-refractivity contribution is -0.141. The number of carbonyl (C=O) groups is 4. The van der Waals surface area contributed by atoms with Crippen LogP contribution in [0.15, 0.2) is 51.7 Å². The molecule has 0 spiro atoms. The average molecular weight is 597 g/mol. The first kappa shape index (κ1) is 30.5. The van der Waals surface area contributed by atoms with Gasteiger partial charge in [-0.05, 0) is 92.5 Å². The van der Waals surface area contributed by atoms with Gasteiger partial charge >= 0.3 is 11.9 Å². The van der Waals surface area contributed by atoms with E-state index in [0.29, 0.717) is 54.7 Å². The monoisotopic (exact) mass is 596 g/mol. The van der Waals surface area contributed by atoms with E-state index in [1.54, 1.807) is 6.08 Å². The zero-order chi connectivity index (χ0) is 31.5. The summed E-state index contributed by atoms with van der Waals surface area (Å²) in [5.74, 6) is -1.10. The van der Waals surface area contributed by atoms with Crippen LogP contribution in [0.2, 0.25) is 0 Å². The Morgan fingerprint density at radius 2 is 1.66 bits per heavy atom. The van der Waals surface area contributed by atoms with Gasteiger partial charge in [-0.15, -0.1) is 0 Å². The Morgan fingerprint density at radius 3 is 2.36 bits per heavy atom. The molecule has 0 aromatic carbocycles. The Balaban J connectivity index is 1.74. The number of nitrogens with one attached hydrogen (secondary N) is 3. The number of esters is 2. The maximum absolute atomic E-state index is 13.0. The number of hydrogen-bond acceptors (Lipinski definition) is 6. The van der Waals surface area contributed by atoms with Crippen LogP contribution in [0.4, 0.5) is 0 Å². The van der Waals surface area contributed by atoms with Gasteiger partial charge in [0.1, 0.15) is 0 Å². The predicted molar refractivity (Wildman–Crippen MR) is 167 cm³/mol. The summed E-state index contributed by atoms with van der Waals surface area (Å²) in [5.41, 5.74) is 8.26. The lowest BCUT2D eigenvalue weighted by Gasteiger charge is -2.04. The number of methoxy groups -OCH3 is 2. The van der Waals surface area contributed by atoms with Crippen molar-refractivity contribution in [2.45, 2.75) is 58.8 Å². The summed E-state index contributed by atoms with van der Waals surface area (Å²) in [6.45, 7) is 7.82. The van der Waals surface area contributed by atoms with Gasteiger partial charge in [-0.25, -0.2) is 4.99 Å². The number of fused-ring (bicyclic) bond motifs is 6. The standard InChI is InChI=1S/C34H36N4O6/c1-6-22-25-9-7-8-24-19(3)26(37-33(24)41)15-21-14-20(10-12-31(39)43-4)28(35-21)17-30-23(11-13-32(40)44-5)18(2)27(36-30)16-29(22)38-34(25)42/h6,14-17,35-36H,1,7-13H2,2-5H3,(H,38,42)/b21-15?,28-17-,29-16?. The number of aliphatic imine (C=N–C) groups is 1. The van der Waals surface area contributed by atoms with Gasteiger partial charge in [0.15, 0.2) is 0 Å². The highest BCUT2D eigenvalue weighted by molar-refractivity contribution is 6.30. The van der Waals surface area contributed by atoms with Crippen molar-refractivity contribution >= 4 is 47.7 Å². The van der Waals surface area contributed by atoms with Gasteiger partial charge in [0.25, 0.3) is 11.8 Å². The number of carbonyl (C=O) groups excluding carboxylic acids is 4. The highest BCUT2D eigenvalue weighted by Crippen LogP contribution is 2.31. The lowest BCUT2D eigenvalue weighted by Crippen LogP contribution is -2.16. The SMILES string of the molecule is C=CC1=C2CCCC3=C(C)C(=NC3=O)C=c3cc(CCC(=O)OC)/c([nH]3)=C/c3[nH]c(c(C)c3CCC(=O)OC)C=C1NC2=O. The molecular weight excluding hydrogens is 560 g/mol. The van der Waals surface area contributed by atoms with E-state index in [0.717, 1.165) is 49.9 Å². The third kappa shape index (κ3) is 6.06. The number of aromatic amines is 2. The molecular formula is C34H36N4O6. The third-order valence-corrected chi connectivity index (χ3v) is 8.42. The molecule has 8 bridgehead atoms. The highest BCUT2D eigenvalue weighted by Gasteiger charge is 2.27. The fourth-order valence-electron chi connectivity index (χ4n) is 5.92. The normalized spacial score (nSPS) is 17.1. The Kier molecular flexibility index (Phi) is 8.80. The van der Waals surface area contributed by atoms with E-state index >= 15 is 0 Å². The molecule has 2 amide bonds. The number of aromatic nitrogens is 2. The van der Waals surface area contributed by atoms with Crippen LogP contribution in [0.5, 0.6) is 0 Å². The van der Waals surface area contributed by atoms with Gasteiger partial charge < -0.3 is 24.8 Å². The van der Waals surface area contributed by atoms with Crippen LogP contribution in [0.25, 0.3) is 18.2 Å². The fraction of sp³-hybridized carbons (Fsp3) is 0.324. The Bertz CT molecular complexity index is 1840. The average Bonchev–Trinajstić information content (AvgIpc) is 3.69. The topological polar surface area (TPSA) is 143 Å². The zero-order valence-electron chi connectivity index (χ0n) is 25.4. The van der Waals surface area contributed by atoms with Gasteiger partial charge in [-0.1, -0.05) is 12.7 Å². The van der Waals surface area contributed by atoms with Crippen molar-refractivity contribution in [3.63, 3.8) is 0 Å². The minimum atomic E-state index is -0.324. The summed E-state index contributed by atoms with van der Waals surface area (Å²) in [6.07, 6.45) is 10.1. The molecule has 0 atom stereocenters. The molecule has 0 radical (unpaired) electrons. The van der Waals surface area contributed by atoms with E-state index in [-0.39, 0.29) is 36.6 Å². The Labute approximate surface area is 255 Å². The van der Waals surface area contributed by atoms with Crippen LogP contribution in [0.3, 0.4) is 0 Å². The molecule has 10 heteroatoms. The number of aryl methyl sites for hydroxylation is 1. The molecule has 3 N–H and O–H groups in total. The maximum Gasteiger partial charge on any atom is 0.305 e. The summed E-state index contributed by atoms with van der Waals surface area (Å²) >= 11 is 0. The molecule has 3 aliphatic heterocycles. The van der Waals surface area contributed by atoms with Crippen LogP contribution >= 0.6 is 0 Å². The van der Waals surface area contributed by atoms with Crippen LogP contribution in [0, 0.1) is 6.92 Å².